The zero-order valence-electron chi connectivity index (χ0n) is 17.7. The number of hydrogen-bond donors (Lipinski definition) is 1. The van der Waals surface area contributed by atoms with Crippen LogP contribution in [-0.4, -0.2) is 18.4 Å². The van der Waals surface area contributed by atoms with Crippen molar-refractivity contribution in [3.8, 4) is 0 Å². The standard InChI is InChI=1S/C24H30BrNO3/c1-5-6-9-12-29-23(28)20-15(2)26-18-13-24(3,4)14-19(27)22(18)21(20)16-10-7-8-11-17(16)25/h7-8,10-11,21,26H,5-6,9,12-14H2,1-4H3. The number of rotatable bonds is 6. The van der Waals surface area contributed by atoms with Gasteiger partial charge >= 0.3 is 5.97 Å². The Labute approximate surface area is 181 Å². The molecule has 0 fully saturated rings. The van der Waals surface area contributed by atoms with E-state index in [9.17, 15) is 9.59 Å². The summed E-state index contributed by atoms with van der Waals surface area (Å²) in [6.07, 6.45) is 4.21. The third-order valence-corrected chi connectivity index (χ3v) is 6.38. The molecule has 0 amide bonds. The number of unbranched alkanes of at least 4 members (excludes halogenated alkanes) is 2. The topological polar surface area (TPSA) is 55.4 Å². The zero-order valence-corrected chi connectivity index (χ0v) is 19.3. The molecule has 156 valence electrons. The van der Waals surface area contributed by atoms with Crippen LogP contribution in [0.15, 0.2) is 51.3 Å². The maximum Gasteiger partial charge on any atom is 0.336 e. The Morgan fingerprint density at radius 1 is 1.24 bits per heavy atom. The van der Waals surface area contributed by atoms with E-state index in [2.05, 4.69) is 42.0 Å². The average Bonchev–Trinajstić information content (AvgIpc) is 2.63. The quantitative estimate of drug-likeness (QED) is 0.432. The third-order valence-electron chi connectivity index (χ3n) is 5.66. The number of halogens is 1. The lowest BCUT2D eigenvalue weighted by Gasteiger charge is -2.39. The highest BCUT2D eigenvalue weighted by atomic mass is 79.9. The smallest absolute Gasteiger partial charge is 0.336 e. The molecule has 3 rings (SSSR count). The lowest BCUT2D eigenvalue weighted by Crippen LogP contribution is -2.38. The Bertz CT molecular complexity index is 882. The summed E-state index contributed by atoms with van der Waals surface area (Å²) in [5, 5.41) is 3.38. The van der Waals surface area contributed by atoms with Crippen molar-refractivity contribution in [3.05, 3.63) is 56.8 Å². The molecule has 1 aromatic rings. The van der Waals surface area contributed by atoms with Gasteiger partial charge in [-0.3, -0.25) is 4.79 Å². The summed E-state index contributed by atoms with van der Waals surface area (Å²) in [5.41, 5.74) is 3.79. The van der Waals surface area contributed by atoms with E-state index >= 15 is 0 Å². The fraction of sp³-hybridized carbons (Fsp3) is 0.500. The number of hydrogen-bond acceptors (Lipinski definition) is 4. The second-order valence-electron chi connectivity index (χ2n) is 8.79. The molecule has 5 heteroatoms. The maximum atomic E-state index is 13.2. The number of carbonyl (C=O) groups is 2. The molecule has 0 bridgehead atoms. The van der Waals surface area contributed by atoms with Gasteiger partial charge in [0.15, 0.2) is 5.78 Å². The summed E-state index contributed by atoms with van der Waals surface area (Å²) in [4.78, 5) is 26.3. The van der Waals surface area contributed by atoms with Gasteiger partial charge in [0.25, 0.3) is 0 Å². The van der Waals surface area contributed by atoms with E-state index < -0.39 is 5.92 Å². The zero-order chi connectivity index (χ0) is 21.2. The van der Waals surface area contributed by atoms with Crippen LogP contribution < -0.4 is 5.32 Å². The number of allylic oxidation sites excluding steroid dienone is 3. The molecule has 0 saturated heterocycles. The first-order valence-electron chi connectivity index (χ1n) is 10.4. The summed E-state index contributed by atoms with van der Waals surface area (Å²) in [6.45, 7) is 8.65. The van der Waals surface area contributed by atoms with Crippen molar-refractivity contribution in [1.82, 2.24) is 5.32 Å². The predicted molar refractivity (Wildman–Crippen MR) is 118 cm³/mol. The second-order valence-corrected chi connectivity index (χ2v) is 9.65. The number of ether oxygens (including phenoxy) is 1. The molecule has 1 aromatic carbocycles. The van der Waals surface area contributed by atoms with Crippen LogP contribution in [-0.2, 0) is 14.3 Å². The molecule has 29 heavy (non-hydrogen) atoms. The number of esters is 1. The molecule has 1 N–H and O–H groups in total. The summed E-state index contributed by atoms with van der Waals surface area (Å²) in [5.74, 6) is -0.645. The summed E-state index contributed by atoms with van der Waals surface area (Å²) in [7, 11) is 0. The van der Waals surface area contributed by atoms with Crippen LogP contribution >= 0.6 is 15.9 Å². The highest BCUT2D eigenvalue weighted by Crippen LogP contribution is 2.48. The molecule has 2 aliphatic rings. The van der Waals surface area contributed by atoms with Crippen molar-refractivity contribution in [2.75, 3.05) is 6.61 Å². The van der Waals surface area contributed by atoms with Gasteiger partial charge in [0.2, 0.25) is 0 Å². The lowest BCUT2D eigenvalue weighted by atomic mass is 9.68. The van der Waals surface area contributed by atoms with E-state index in [0.29, 0.717) is 24.2 Å². The fourth-order valence-corrected chi connectivity index (χ4v) is 4.84. The van der Waals surface area contributed by atoms with Crippen molar-refractivity contribution in [2.24, 2.45) is 5.41 Å². The normalized spacial score (nSPS) is 21.0. The van der Waals surface area contributed by atoms with E-state index in [1.165, 1.54) is 0 Å². The van der Waals surface area contributed by atoms with Crippen molar-refractivity contribution in [2.45, 2.75) is 65.7 Å². The van der Waals surface area contributed by atoms with Crippen LogP contribution in [0, 0.1) is 5.41 Å². The summed E-state index contributed by atoms with van der Waals surface area (Å²) >= 11 is 3.63. The molecule has 1 aliphatic carbocycles. The van der Waals surface area contributed by atoms with E-state index in [1.807, 2.05) is 31.2 Å². The van der Waals surface area contributed by atoms with Gasteiger partial charge in [-0.05, 0) is 36.8 Å². The fourth-order valence-electron chi connectivity index (χ4n) is 4.32. The number of Topliss-reactive ketones (excluding diaryl/α,β-unsaturated/α-hetero) is 1. The van der Waals surface area contributed by atoms with Crippen molar-refractivity contribution in [3.63, 3.8) is 0 Å². The van der Waals surface area contributed by atoms with Gasteiger partial charge in [-0.15, -0.1) is 0 Å². The molecule has 0 radical (unpaired) electrons. The molecule has 1 aliphatic heterocycles. The van der Waals surface area contributed by atoms with Crippen LogP contribution in [0.3, 0.4) is 0 Å². The number of benzene rings is 1. The Kier molecular flexibility index (Phi) is 6.67. The first-order chi connectivity index (χ1) is 13.7. The molecular weight excluding hydrogens is 430 g/mol. The number of carbonyl (C=O) groups excluding carboxylic acids is 2. The van der Waals surface area contributed by atoms with Crippen LogP contribution in [0.5, 0.6) is 0 Å². The molecule has 1 atom stereocenters. The Balaban J connectivity index is 2.05. The molecular formula is C24H30BrNO3. The van der Waals surface area contributed by atoms with Gasteiger partial charge in [-0.2, -0.15) is 0 Å². The van der Waals surface area contributed by atoms with Gasteiger partial charge in [0.1, 0.15) is 0 Å². The highest BCUT2D eigenvalue weighted by Gasteiger charge is 2.43. The Morgan fingerprint density at radius 2 is 1.97 bits per heavy atom. The molecule has 0 spiro atoms. The van der Waals surface area contributed by atoms with E-state index in [4.69, 9.17) is 4.74 Å². The third kappa shape index (κ3) is 4.66. The number of dihydropyridines is 1. The minimum absolute atomic E-state index is 0.0974. The van der Waals surface area contributed by atoms with Crippen LogP contribution in [0.2, 0.25) is 0 Å². The highest BCUT2D eigenvalue weighted by molar-refractivity contribution is 9.10. The second kappa shape index (κ2) is 8.86. The Morgan fingerprint density at radius 3 is 2.66 bits per heavy atom. The minimum Gasteiger partial charge on any atom is -0.462 e. The van der Waals surface area contributed by atoms with E-state index in [0.717, 1.165) is 47.1 Å². The summed E-state index contributed by atoms with van der Waals surface area (Å²) < 4.78 is 6.50. The van der Waals surface area contributed by atoms with Gasteiger partial charge in [-0.1, -0.05) is 67.7 Å². The summed E-state index contributed by atoms with van der Waals surface area (Å²) in [6, 6.07) is 7.82. The van der Waals surface area contributed by atoms with E-state index in [1.54, 1.807) is 0 Å². The minimum atomic E-state index is -0.413. The van der Waals surface area contributed by atoms with Crippen LogP contribution in [0.1, 0.15) is 71.3 Å². The number of nitrogens with one attached hydrogen (secondary N) is 1. The van der Waals surface area contributed by atoms with Crippen LogP contribution in [0.25, 0.3) is 0 Å². The Hall–Kier alpha value is -1.88. The van der Waals surface area contributed by atoms with Crippen LogP contribution in [0.4, 0.5) is 0 Å². The monoisotopic (exact) mass is 459 g/mol. The lowest BCUT2D eigenvalue weighted by molar-refractivity contribution is -0.139. The maximum absolute atomic E-state index is 13.2. The van der Waals surface area contributed by atoms with Gasteiger partial charge in [-0.25, -0.2) is 4.79 Å². The molecule has 4 nitrogen and oxygen atoms in total. The first kappa shape index (κ1) is 21.8. The average molecular weight is 460 g/mol. The molecule has 0 saturated carbocycles. The van der Waals surface area contributed by atoms with Gasteiger partial charge in [0, 0.05) is 33.8 Å². The first-order valence-corrected chi connectivity index (χ1v) is 11.2. The SMILES string of the molecule is CCCCCOC(=O)C1=C(C)NC2=C(C(=O)CC(C)(C)C2)C1c1ccccc1Br. The van der Waals surface area contributed by atoms with E-state index in [-0.39, 0.29) is 17.2 Å². The van der Waals surface area contributed by atoms with Crippen molar-refractivity contribution >= 4 is 27.7 Å². The van der Waals surface area contributed by atoms with Gasteiger partial charge in [0.05, 0.1) is 12.2 Å². The molecule has 1 unspecified atom stereocenters. The predicted octanol–water partition coefficient (Wildman–Crippen LogP) is 5.79. The van der Waals surface area contributed by atoms with Crippen molar-refractivity contribution in [1.29, 1.82) is 0 Å². The van der Waals surface area contributed by atoms with Crippen molar-refractivity contribution < 1.29 is 14.3 Å². The molecule has 1 heterocycles. The number of ketones is 1. The van der Waals surface area contributed by atoms with Gasteiger partial charge < -0.3 is 10.1 Å². The molecule has 0 aromatic heterocycles. The largest absolute Gasteiger partial charge is 0.462 e.